The molecule has 1 heterocycles. The van der Waals surface area contributed by atoms with Gasteiger partial charge in [-0.1, -0.05) is 25.3 Å². The molecule has 1 saturated heterocycles. The number of nitrogens with one attached hydrogen (secondary N) is 1. The number of hydrogen-bond donors (Lipinski definition) is 1. The summed E-state index contributed by atoms with van der Waals surface area (Å²) in [5.41, 5.74) is 1.22. The van der Waals surface area contributed by atoms with E-state index in [9.17, 15) is 13.2 Å². The number of sulfonamides is 1. The quantitative estimate of drug-likeness (QED) is 0.814. The third kappa shape index (κ3) is 5.33. The summed E-state index contributed by atoms with van der Waals surface area (Å²) in [4.78, 5) is 14.1. The van der Waals surface area contributed by atoms with E-state index < -0.39 is 10.0 Å². The van der Waals surface area contributed by atoms with Crippen molar-refractivity contribution >= 4 is 21.6 Å². The smallest absolute Gasteiger partial charge is 0.243 e. The Morgan fingerprint density at radius 2 is 1.82 bits per heavy atom. The summed E-state index contributed by atoms with van der Waals surface area (Å²) in [6.45, 7) is 7.16. The van der Waals surface area contributed by atoms with Gasteiger partial charge in [0.05, 0.1) is 4.90 Å². The number of nitrogens with zero attached hydrogens (tertiary/aromatic N) is 2. The second-order valence-electron chi connectivity index (χ2n) is 8.22. The van der Waals surface area contributed by atoms with Crippen LogP contribution in [0.2, 0.25) is 0 Å². The van der Waals surface area contributed by atoms with Crippen molar-refractivity contribution in [1.29, 1.82) is 0 Å². The van der Waals surface area contributed by atoms with Crippen LogP contribution in [-0.4, -0.2) is 56.3 Å². The van der Waals surface area contributed by atoms with Gasteiger partial charge in [0.15, 0.2) is 0 Å². The minimum absolute atomic E-state index is 0.208. The van der Waals surface area contributed by atoms with Crippen LogP contribution < -0.4 is 5.32 Å². The molecule has 1 saturated carbocycles. The number of carbonyl (C=O) groups is 1. The molecule has 3 rings (SSSR count). The van der Waals surface area contributed by atoms with Crippen LogP contribution in [0.25, 0.3) is 0 Å². The average Bonchev–Trinajstić information content (AvgIpc) is 2.90. The fourth-order valence-corrected chi connectivity index (χ4v) is 6.12. The van der Waals surface area contributed by atoms with Crippen LogP contribution >= 0.6 is 0 Å². The molecule has 0 radical (unpaired) electrons. The van der Waals surface area contributed by atoms with Crippen molar-refractivity contribution in [2.45, 2.75) is 57.3 Å². The summed E-state index contributed by atoms with van der Waals surface area (Å²) >= 11 is 0. The van der Waals surface area contributed by atoms with Crippen molar-refractivity contribution in [2.24, 2.45) is 5.92 Å². The van der Waals surface area contributed by atoms with Gasteiger partial charge in [-0.3, -0.25) is 4.79 Å². The monoisotopic (exact) mass is 407 g/mol. The topological polar surface area (TPSA) is 69.7 Å². The lowest BCUT2D eigenvalue weighted by Gasteiger charge is -2.28. The highest BCUT2D eigenvalue weighted by molar-refractivity contribution is 7.89. The SMILES string of the molecule is CC(=O)Nc1ccc(C)c(S(=O)(=O)N2CCCN(CC3CCCCC3)CC2)c1. The van der Waals surface area contributed by atoms with E-state index in [0.717, 1.165) is 32.0 Å². The Morgan fingerprint density at radius 1 is 1.07 bits per heavy atom. The van der Waals surface area contributed by atoms with E-state index in [0.29, 0.717) is 29.2 Å². The lowest BCUT2D eigenvalue weighted by atomic mass is 9.89. The molecule has 0 atom stereocenters. The molecule has 6 nitrogen and oxygen atoms in total. The zero-order valence-corrected chi connectivity index (χ0v) is 17.9. The number of carbonyl (C=O) groups excluding carboxylic acids is 1. The third-order valence-corrected chi connectivity index (χ3v) is 7.96. The number of aryl methyl sites for hydroxylation is 1. The van der Waals surface area contributed by atoms with E-state index in [1.807, 2.05) is 0 Å². The van der Waals surface area contributed by atoms with Crippen LogP contribution in [0.3, 0.4) is 0 Å². The summed E-state index contributed by atoms with van der Waals surface area (Å²) in [5, 5.41) is 2.68. The summed E-state index contributed by atoms with van der Waals surface area (Å²) < 4.78 is 28.2. The van der Waals surface area contributed by atoms with Gasteiger partial charge in [-0.25, -0.2) is 8.42 Å². The first-order valence-electron chi connectivity index (χ1n) is 10.5. The van der Waals surface area contributed by atoms with E-state index in [1.54, 1.807) is 29.4 Å². The molecule has 0 aromatic heterocycles. The molecular weight excluding hydrogens is 374 g/mol. The molecule has 0 bridgehead atoms. The maximum Gasteiger partial charge on any atom is 0.243 e. The maximum atomic E-state index is 13.3. The Bertz CT molecular complexity index is 788. The zero-order valence-electron chi connectivity index (χ0n) is 17.1. The van der Waals surface area contributed by atoms with Gasteiger partial charge in [-0.2, -0.15) is 4.31 Å². The van der Waals surface area contributed by atoms with Gasteiger partial charge in [-0.05, 0) is 56.3 Å². The lowest BCUT2D eigenvalue weighted by Crippen LogP contribution is -2.37. The van der Waals surface area contributed by atoms with Crippen LogP contribution in [0.15, 0.2) is 23.1 Å². The minimum atomic E-state index is -3.58. The van der Waals surface area contributed by atoms with Crippen molar-refractivity contribution in [2.75, 3.05) is 38.0 Å². The Labute approximate surface area is 169 Å². The molecule has 1 aliphatic heterocycles. The predicted octanol–water partition coefficient (Wildman–Crippen LogP) is 3.23. The lowest BCUT2D eigenvalue weighted by molar-refractivity contribution is -0.114. The summed E-state index contributed by atoms with van der Waals surface area (Å²) in [6, 6.07) is 5.08. The van der Waals surface area contributed by atoms with Crippen molar-refractivity contribution in [3.8, 4) is 0 Å². The van der Waals surface area contributed by atoms with Crippen LogP contribution in [0.4, 0.5) is 5.69 Å². The summed E-state index contributed by atoms with van der Waals surface area (Å²) in [7, 11) is -3.58. The van der Waals surface area contributed by atoms with Crippen molar-refractivity contribution < 1.29 is 13.2 Å². The van der Waals surface area contributed by atoms with Crippen LogP contribution in [0.5, 0.6) is 0 Å². The van der Waals surface area contributed by atoms with E-state index in [1.165, 1.54) is 39.0 Å². The molecule has 1 amide bonds. The molecule has 2 fully saturated rings. The van der Waals surface area contributed by atoms with Gasteiger partial charge in [0.1, 0.15) is 0 Å². The Hall–Kier alpha value is -1.44. The normalized spacial score (nSPS) is 20.6. The number of anilines is 1. The van der Waals surface area contributed by atoms with Gasteiger partial charge in [-0.15, -0.1) is 0 Å². The number of benzene rings is 1. The van der Waals surface area contributed by atoms with E-state index in [-0.39, 0.29) is 5.91 Å². The highest BCUT2D eigenvalue weighted by Crippen LogP contribution is 2.27. The summed E-state index contributed by atoms with van der Waals surface area (Å²) in [6.07, 6.45) is 7.52. The molecule has 1 N–H and O–H groups in total. The molecule has 1 aliphatic carbocycles. The van der Waals surface area contributed by atoms with E-state index >= 15 is 0 Å². The second-order valence-corrected chi connectivity index (χ2v) is 10.1. The number of rotatable bonds is 5. The standard InChI is InChI=1S/C21H33N3O3S/c1-17-9-10-20(22-18(2)25)15-21(17)28(26,27)24-12-6-11-23(13-14-24)16-19-7-4-3-5-8-19/h9-10,15,19H,3-8,11-14,16H2,1-2H3,(H,22,25). The maximum absolute atomic E-state index is 13.3. The zero-order chi connectivity index (χ0) is 20.1. The molecule has 28 heavy (non-hydrogen) atoms. The average molecular weight is 408 g/mol. The first kappa shape index (κ1) is 21.3. The highest BCUT2D eigenvalue weighted by atomic mass is 32.2. The molecule has 7 heteroatoms. The van der Waals surface area contributed by atoms with Gasteiger partial charge in [0.25, 0.3) is 0 Å². The first-order chi connectivity index (χ1) is 13.4. The van der Waals surface area contributed by atoms with Crippen molar-refractivity contribution in [3.63, 3.8) is 0 Å². The first-order valence-corrected chi connectivity index (χ1v) is 11.9. The Balaban J connectivity index is 1.69. The molecule has 0 spiro atoms. The van der Waals surface area contributed by atoms with Crippen molar-refractivity contribution in [3.05, 3.63) is 23.8 Å². The molecule has 1 aromatic rings. The Morgan fingerprint density at radius 3 is 2.54 bits per heavy atom. The van der Waals surface area contributed by atoms with Gasteiger partial charge in [0.2, 0.25) is 15.9 Å². The summed E-state index contributed by atoms with van der Waals surface area (Å²) in [5.74, 6) is 0.564. The van der Waals surface area contributed by atoms with E-state index in [4.69, 9.17) is 0 Å². The van der Waals surface area contributed by atoms with Crippen LogP contribution in [0, 0.1) is 12.8 Å². The molecule has 2 aliphatic rings. The number of amides is 1. The fraction of sp³-hybridized carbons (Fsp3) is 0.667. The van der Waals surface area contributed by atoms with Crippen molar-refractivity contribution in [1.82, 2.24) is 9.21 Å². The minimum Gasteiger partial charge on any atom is -0.326 e. The highest BCUT2D eigenvalue weighted by Gasteiger charge is 2.29. The Kier molecular flexibility index (Phi) is 7.12. The van der Waals surface area contributed by atoms with Gasteiger partial charge in [0, 0.05) is 38.8 Å². The van der Waals surface area contributed by atoms with Crippen LogP contribution in [0.1, 0.15) is 51.0 Å². The largest absolute Gasteiger partial charge is 0.326 e. The number of hydrogen-bond acceptors (Lipinski definition) is 4. The molecular formula is C21H33N3O3S. The predicted molar refractivity (Wildman–Crippen MR) is 112 cm³/mol. The molecule has 156 valence electrons. The third-order valence-electron chi connectivity index (χ3n) is 5.91. The van der Waals surface area contributed by atoms with Gasteiger partial charge >= 0.3 is 0 Å². The molecule has 0 unspecified atom stereocenters. The fourth-order valence-electron chi connectivity index (χ4n) is 4.40. The van der Waals surface area contributed by atoms with E-state index in [2.05, 4.69) is 10.2 Å². The van der Waals surface area contributed by atoms with Crippen LogP contribution in [-0.2, 0) is 14.8 Å². The second kappa shape index (κ2) is 9.37. The molecule has 1 aromatic carbocycles. The van der Waals surface area contributed by atoms with Gasteiger partial charge < -0.3 is 10.2 Å².